The number of fused-ring (bicyclic) bond motifs is 4. The van der Waals surface area contributed by atoms with Crippen LogP contribution in [0.3, 0.4) is 0 Å². The van der Waals surface area contributed by atoms with Crippen LogP contribution in [0.25, 0.3) is 10.2 Å². The highest BCUT2D eigenvalue weighted by molar-refractivity contribution is 7.19. The molecule has 6 rings (SSSR count). The maximum absolute atomic E-state index is 13.1. The average molecular weight is 451 g/mol. The number of ether oxygens (including phenoxy) is 2. The SMILES string of the molecule is Cc1nc(N2CCN(C(=O)c3ccc4c(c3)OCCO4)CC2)c2c3c(sc2n1)CCCC3. The number of aromatic nitrogens is 2. The monoisotopic (exact) mass is 450 g/mol. The second-order valence-corrected chi connectivity index (χ2v) is 9.71. The molecule has 2 aliphatic heterocycles. The zero-order chi connectivity index (χ0) is 21.7. The predicted octanol–water partition coefficient (Wildman–Crippen LogP) is 3.61. The van der Waals surface area contributed by atoms with Crippen molar-refractivity contribution in [2.75, 3.05) is 44.3 Å². The van der Waals surface area contributed by atoms with E-state index in [-0.39, 0.29) is 5.91 Å². The Bertz CT molecular complexity index is 1200. The van der Waals surface area contributed by atoms with Crippen molar-refractivity contribution in [2.45, 2.75) is 32.6 Å². The molecule has 3 aliphatic rings. The summed E-state index contributed by atoms with van der Waals surface area (Å²) in [5.41, 5.74) is 2.11. The van der Waals surface area contributed by atoms with Gasteiger partial charge in [-0.15, -0.1) is 11.3 Å². The third kappa shape index (κ3) is 3.37. The van der Waals surface area contributed by atoms with Crippen LogP contribution in [0.2, 0.25) is 0 Å². The third-order valence-corrected chi connectivity index (χ3v) is 7.75. The van der Waals surface area contributed by atoms with Gasteiger partial charge in [0.15, 0.2) is 11.5 Å². The molecule has 0 atom stereocenters. The predicted molar refractivity (Wildman–Crippen MR) is 124 cm³/mol. The molecule has 0 N–H and O–H groups in total. The van der Waals surface area contributed by atoms with E-state index < -0.39 is 0 Å². The Hall–Kier alpha value is -2.87. The van der Waals surface area contributed by atoms with E-state index in [0.29, 0.717) is 43.4 Å². The highest BCUT2D eigenvalue weighted by Gasteiger charge is 2.28. The van der Waals surface area contributed by atoms with Gasteiger partial charge in [-0.1, -0.05) is 0 Å². The van der Waals surface area contributed by atoms with Crippen molar-refractivity contribution in [3.63, 3.8) is 0 Å². The number of nitrogens with zero attached hydrogens (tertiary/aromatic N) is 4. The summed E-state index contributed by atoms with van der Waals surface area (Å²) in [5.74, 6) is 3.28. The minimum absolute atomic E-state index is 0.0403. The minimum Gasteiger partial charge on any atom is -0.486 e. The lowest BCUT2D eigenvalue weighted by Crippen LogP contribution is -2.49. The first-order valence-electron chi connectivity index (χ1n) is 11.4. The summed E-state index contributed by atoms with van der Waals surface area (Å²) < 4.78 is 11.2. The number of carbonyl (C=O) groups is 1. The smallest absolute Gasteiger partial charge is 0.254 e. The number of hydrogen-bond acceptors (Lipinski definition) is 7. The number of benzene rings is 1. The molecule has 1 amide bonds. The van der Waals surface area contributed by atoms with Crippen LogP contribution < -0.4 is 14.4 Å². The summed E-state index contributed by atoms with van der Waals surface area (Å²) >= 11 is 1.84. The van der Waals surface area contributed by atoms with Crippen LogP contribution in [0.1, 0.15) is 39.5 Å². The molecule has 32 heavy (non-hydrogen) atoms. The molecule has 1 saturated heterocycles. The molecule has 1 aliphatic carbocycles. The van der Waals surface area contributed by atoms with E-state index in [1.807, 2.05) is 35.3 Å². The number of aryl methyl sites for hydroxylation is 3. The summed E-state index contributed by atoms with van der Waals surface area (Å²) in [6.07, 6.45) is 4.79. The summed E-state index contributed by atoms with van der Waals surface area (Å²) in [6, 6.07) is 5.47. The van der Waals surface area contributed by atoms with Crippen LogP contribution in [0.5, 0.6) is 11.5 Å². The van der Waals surface area contributed by atoms with Gasteiger partial charge in [0.2, 0.25) is 0 Å². The largest absolute Gasteiger partial charge is 0.486 e. The van der Waals surface area contributed by atoms with Crippen LogP contribution in [-0.2, 0) is 12.8 Å². The van der Waals surface area contributed by atoms with Gasteiger partial charge in [0.1, 0.15) is 29.7 Å². The normalized spacial score (nSPS) is 18.0. The molecule has 0 saturated carbocycles. The van der Waals surface area contributed by atoms with Gasteiger partial charge in [-0.25, -0.2) is 9.97 Å². The van der Waals surface area contributed by atoms with Crippen molar-refractivity contribution < 1.29 is 14.3 Å². The van der Waals surface area contributed by atoms with Gasteiger partial charge in [0.05, 0.1) is 5.39 Å². The highest BCUT2D eigenvalue weighted by atomic mass is 32.1. The number of hydrogen-bond donors (Lipinski definition) is 0. The lowest BCUT2D eigenvalue weighted by Gasteiger charge is -2.36. The first-order chi connectivity index (χ1) is 15.7. The molecule has 8 heteroatoms. The number of piperazine rings is 1. The Morgan fingerprint density at radius 2 is 1.78 bits per heavy atom. The summed E-state index contributed by atoms with van der Waals surface area (Å²) in [4.78, 5) is 29.6. The maximum atomic E-state index is 13.1. The number of rotatable bonds is 2. The van der Waals surface area contributed by atoms with Crippen LogP contribution in [-0.4, -0.2) is 60.2 Å². The van der Waals surface area contributed by atoms with Gasteiger partial charge in [0.25, 0.3) is 5.91 Å². The van der Waals surface area contributed by atoms with E-state index in [1.165, 1.54) is 28.7 Å². The van der Waals surface area contributed by atoms with Crippen molar-refractivity contribution in [3.05, 3.63) is 40.0 Å². The topological polar surface area (TPSA) is 67.8 Å². The summed E-state index contributed by atoms with van der Waals surface area (Å²) in [7, 11) is 0. The first-order valence-corrected chi connectivity index (χ1v) is 12.2. The summed E-state index contributed by atoms with van der Waals surface area (Å²) in [5, 5.41) is 1.25. The van der Waals surface area contributed by atoms with E-state index in [1.54, 1.807) is 6.07 Å². The number of anilines is 1. The fourth-order valence-corrected chi connectivity index (χ4v) is 6.25. The third-order valence-electron chi connectivity index (χ3n) is 6.56. The molecular formula is C24H26N4O3S. The van der Waals surface area contributed by atoms with E-state index >= 15 is 0 Å². The number of thiophene rings is 1. The van der Waals surface area contributed by atoms with Gasteiger partial charge in [-0.05, 0) is 56.4 Å². The molecule has 0 spiro atoms. The first kappa shape index (κ1) is 19.8. The van der Waals surface area contributed by atoms with Crippen molar-refractivity contribution in [3.8, 4) is 11.5 Å². The van der Waals surface area contributed by atoms with E-state index in [2.05, 4.69) is 4.90 Å². The van der Waals surface area contributed by atoms with Crippen LogP contribution in [0.4, 0.5) is 5.82 Å². The lowest BCUT2D eigenvalue weighted by molar-refractivity contribution is 0.0745. The van der Waals surface area contributed by atoms with Gasteiger partial charge in [-0.3, -0.25) is 4.79 Å². The highest BCUT2D eigenvalue weighted by Crippen LogP contribution is 2.40. The van der Waals surface area contributed by atoms with Gasteiger partial charge < -0.3 is 19.3 Å². The molecule has 166 valence electrons. The Kier molecular flexibility index (Phi) is 4.90. The Morgan fingerprint density at radius 1 is 1.00 bits per heavy atom. The van der Waals surface area contributed by atoms with Gasteiger partial charge in [0, 0.05) is 36.6 Å². The number of carbonyl (C=O) groups excluding carboxylic acids is 1. The Labute approximate surface area is 191 Å². The lowest BCUT2D eigenvalue weighted by atomic mass is 9.97. The molecule has 2 aromatic heterocycles. The fourth-order valence-electron chi connectivity index (χ4n) is 4.95. The molecule has 4 heterocycles. The quantitative estimate of drug-likeness (QED) is 0.594. The van der Waals surface area contributed by atoms with Crippen LogP contribution in [0, 0.1) is 6.92 Å². The molecule has 0 bridgehead atoms. The maximum Gasteiger partial charge on any atom is 0.254 e. The summed E-state index contributed by atoms with van der Waals surface area (Å²) in [6.45, 7) is 5.92. The van der Waals surface area contributed by atoms with Crippen molar-refractivity contribution in [1.82, 2.24) is 14.9 Å². The standard InChI is InChI=1S/C24H26N4O3S/c1-15-25-22(21-17-4-2-3-5-20(17)32-23(21)26-15)27-8-10-28(11-9-27)24(29)16-6-7-18-19(14-16)31-13-12-30-18/h6-7,14H,2-5,8-13H2,1H3. The van der Waals surface area contributed by atoms with Gasteiger partial charge in [-0.2, -0.15) is 0 Å². The van der Waals surface area contributed by atoms with Crippen molar-refractivity contribution in [2.24, 2.45) is 0 Å². The Balaban J connectivity index is 1.23. The second kappa shape index (κ2) is 7.92. The molecule has 7 nitrogen and oxygen atoms in total. The zero-order valence-corrected chi connectivity index (χ0v) is 19.0. The molecule has 0 radical (unpaired) electrons. The van der Waals surface area contributed by atoms with E-state index in [4.69, 9.17) is 19.4 Å². The number of amides is 1. The van der Waals surface area contributed by atoms with Crippen LogP contribution >= 0.6 is 11.3 Å². The Morgan fingerprint density at radius 3 is 2.62 bits per heavy atom. The zero-order valence-electron chi connectivity index (χ0n) is 18.2. The average Bonchev–Trinajstić information content (AvgIpc) is 3.21. The molecule has 1 aromatic carbocycles. The van der Waals surface area contributed by atoms with Crippen molar-refractivity contribution >= 4 is 33.3 Å². The molecule has 1 fully saturated rings. The molecular weight excluding hydrogens is 424 g/mol. The minimum atomic E-state index is 0.0403. The van der Waals surface area contributed by atoms with E-state index in [9.17, 15) is 4.79 Å². The second-order valence-electron chi connectivity index (χ2n) is 8.62. The molecule has 0 unspecified atom stereocenters. The van der Waals surface area contributed by atoms with E-state index in [0.717, 1.165) is 42.4 Å². The van der Waals surface area contributed by atoms with Crippen LogP contribution in [0.15, 0.2) is 18.2 Å². The van der Waals surface area contributed by atoms with Crippen molar-refractivity contribution in [1.29, 1.82) is 0 Å². The van der Waals surface area contributed by atoms with Gasteiger partial charge >= 0.3 is 0 Å². The fraction of sp³-hybridized carbons (Fsp3) is 0.458. The molecule has 3 aromatic rings.